The summed E-state index contributed by atoms with van der Waals surface area (Å²) < 4.78 is 5.21. The van der Waals surface area contributed by atoms with Gasteiger partial charge in [-0.15, -0.1) is 11.8 Å². The molecule has 98 valence electrons. The molecule has 0 fully saturated rings. The molecule has 1 aliphatic heterocycles. The molecular formula is C14H14N2O2S. The lowest BCUT2D eigenvalue weighted by Crippen LogP contribution is -2.35. The van der Waals surface area contributed by atoms with Crippen LogP contribution in [0.15, 0.2) is 39.8 Å². The highest BCUT2D eigenvalue weighted by Crippen LogP contribution is 2.37. The molecule has 3 rings (SSSR count). The number of fused-ring (bicyclic) bond motifs is 1. The van der Waals surface area contributed by atoms with Crippen molar-refractivity contribution in [2.45, 2.75) is 11.8 Å². The first-order valence-electron chi connectivity index (χ1n) is 6.05. The number of rotatable bonds is 1. The number of hydrogen-bond acceptors (Lipinski definition) is 4. The third-order valence-corrected chi connectivity index (χ3v) is 4.22. The van der Waals surface area contributed by atoms with Crippen molar-refractivity contribution in [2.24, 2.45) is 0 Å². The Morgan fingerprint density at radius 1 is 1.42 bits per heavy atom. The highest BCUT2D eigenvalue weighted by atomic mass is 32.2. The van der Waals surface area contributed by atoms with Crippen LogP contribution < -0.4 is 10.6 Å². The van der Waals surface area contributed by atoms with E-state index in [9.17, 15) is 4.79 Å². The molecule has 0 radical (unpaired) electrons. The van der Waals surface area contributed by atoms with Crippen LogP contribution in [0.25, 0.3) is 0 Å². The predicted molar refractivity (Wildman–Crippen MR) is 76.7 cm³/mol. The first-order chi connectivity index (χ1) is 9.16. The molecule has 0 saturated heterocycles. The lowest BCUT2D eigenvalue weighted by Gasteiger charge is -2.29. The molecule has 1 amide bonds. The summed E-state index contributed by atoms with van der Waals surface area (Å²) in [6.45, 7) is 2.48. The molecule has 2 N–H and O–H groups in total. The van der Waals surface area contributed by atoms with Crippen molar-refractivity contribution < 1.29 is 9.21 Å². The molecule has 0 aliphatic carbocycles. The number of carbonyl (C=O) groups excluding carboxylic acids is 1. The second-order valence-electron chi connectivity index (χ2n) is 4.42. The number of aryl methyl sites for hydroxylation is 1. The molecule has 2 aromatic rings. The van der Waals surface area contributed by atoms with Crippen molar-refractivity contribution >= 4 is 29.0 Å². The summed E-state index contributed by atoms with van der Waals surface area (Å²) in [5.41, 5.74) is 8.00. The average Bonchev–Trinajstić information content (AvgIpc) is 2.83. The van der Waals surface area contributed by atoms with Gasteiger partial charge in [-0.3, -0.25) is 4.79 Å². The van der Waals surface area contributed by atoms with E-state index in [0.29, 0.717) is 23.6 Å². The van der Waals surface area contributed by atoms with Gasteiger partial charge in [-0.2, -0.15) is 0 Å². The van der Waals surface area contributed by atoms with Crippen molar-refractivity contribution in [3.8, 4) is 0 Å². The number of nitrogens with two attached hydrogens (primary N) is 1. The van der Waals surface area contributed by atoms with E-state index in [2.05, 4.69) is 0 Å². The minimum absolute atomic E-state index is 0.0293. The van der Waals surface area contributed by atoms with Gasteiger partial charge < -0.3 is 15.1 Å². The third kappa shape index (κ3) is 2.10. The smallest absolute Gasteiger partial charge is 0.261 e. The van der Waals surface area contributed by atoms with Crippen molar-refractivity contribution in [1.29, 1.82) is 0 Å². The van der Waals surface area contributed by atoms with E-state index in [-0.39, 0.29) is 5.91 Å². The number of nitrogen functional groups attached to an aromatic ring is 1. The summed E-state index contributed by atoms with van der Waals surface area (Å²) in [6.07, 6.45) is 1.54. The maximum absolute atomic E-state index is 12.6. The molecule has 1 aromatic heterocycles. The van der Waals surface area contributed by atoms with Gasteiger partial charge in [-0.1, -0.05) is 0 Å². The fourth-order valence-corrected chi connectivity index (χ4v) is 3.17. The van der Waals surface area contributed by atoms with Crippen LogP contribution in [-0.2, 0) is 0 Å². The molecule has 0 saturated carbocycles. The lowest BCUT2D eigenvalue weighted by molar-refractivity contribution is 0.0986. The summed E-state index contributed by atoms with van der Waals surface area (Å²) in [6, 6.07) is 7.40. The Balaban J connectivity index is 2.02. The number of hydrogen-bond donors (Lipinski definition) is 1. The van der Waals surface area contributed by atoms with E-state index in [4.69, 9.17) is 10.2 Å². The van der Waals surface area contributed by atoms with Crippen LogP contribution in [0.2, 0.25) is 0 Å². The number of benzene rings is 1. The third-order valence-electron chi connectivity index (χ3n) is 3.18. The van der Waals surface area contributed by atoms with Crippen LogP contribution in [0.1, 0.15) is 16.1 Å². The summed E-state index contributed by atoms with van der Waals surface area (Å²) >= 11 is 1.75. The molecule has 4 nitrogen and oxygen atoms in total. The van der Waals surface area contributed by atoms with E-state index in [1.54, 1.807) is 35.9 Å². The molecule has 1 aromatic carbocycles. The quantitative estimate of drug-likeness (QED) is 0.812. The maximum Gasteiger partial charge on any atom is 0.261 e. The van der Waals surface area contributed by atoms with Crippen molar-refractivity contribution in [3.63, 3.8) is 0 Å². The van der Waals surface area contributed by atoms with Crippen LogP contribution >= 0.6 is 11.8 Å². The Hall–Kier alpha value is -1.88. The average molecular weight is 274 g/mol. The highest BCUT2D eigenvalue weighted by molar-refractivity contribution is 7.99. The molecular weight excluding hydrogens is 260 g/mol. The van der Waals surface area contributed by atoms with Crippen LogP contribution in [0.4, 0.5) is 11.4 Å². The second kappa shape index (κ2) is 4.66. The van der Waals surface area contributed by atoms with E-state index >= 15 is 0 Å². The van der Waals surface area contributed by atoms with Gasteiger partial charge in [0.05, 0.1) is 17.5 Å². The van der Waals surface area contributed by atoms with Gasteiger partial charge in [-0.25, -0.2) is 0 Å². The molecule has 0 spiro atoms. The van der Waals surface area contributed by atoms with Gasteiger partial charge in [0.1, 0.15) is 5.76 Å². The monoisotopic (exact) mass is 274 g/mol. The SMILES string of the molecule is Cc1occc1C(=O)N1CCSc2ccc(N)cc21. The summed E-state index contributed by atoms with van der Waals surface area (Å²) in [5, 5.41) is 0. The van der Waals surface area contributed by atoms with Crippen LogP contribution in [0.3, 0.4) is 0 Å². The Labute approximate surface area is 115 Å². The summed E-state index contributed by atoms with van der Waals surface area (Å²) in [4.78, 5) is 15.4. The number of anilines is 2. The van der Waals surface area contributed by atoms with E-state index in [1.807, 2.05) is 18.2 Å². The standard InChI is InChI=1S/C14H14N2O2S/c1-9-11(4-6-18-9)14(17)16-5-7-19-13-3-2-10(15)8-12(13)16/h2-4,6,8H,5,7,15H2,1H3. The van der Waals surface area contributed by atoms with Crippen molar-refractivity contribution in [3.05, 3.63) is 41.9 Å². The molecule has 0 bridgehead atoms. The summed E-state index contributed by atoms with van der Waals surface area (Å²) in [5.74, 6) is 1.51. The second-order valence-corrected chi connectivity index (χ2v) is 5.56. The van der Waals surface area contributed by atoms with E-state index in [0.717, 1.165) is 16.3 Å². The van der Waals surface area contributed by atoms with Crippen LogP contribution in [0, 0.1) is 6.92 Å². The zero-order valence-corrected chi connectivity index (χ0v) is 11.4. The normalized spacial score (nSPS) is 14.3. The zero-order valence-electron chi connectivity index (χ0n) is 10.6. The topological polar surface area (TPSA) is 59.5 Å². The molecule has 1 aliphatic rings. The molecule has 0 atom stereocenters. The van der Waals surface area contributed by atoms with Crippen LogP contribution in [0.5, 0.6) is 0 Å². The maximum atomic E-state index is 12.6. The fourth-order valence-electron chi connectivity index (χ4n) is 2.20. The minimum atomic E-state index is -0.0293. The number of furan rings is 1. The van der Waals surface area contributed by atoms with Crippen molar-refractivity contribution in [2.75, 3.05) is 22.9 Å². The largest absolute Gasteiger partial charge is 0.469 e. The zero-order chi connectivity index (χ0) is 13.4. The van der Waals surface area contributed by atoms with Gasteiger partial charge in [-0.05, 0) is 31.2 Å². The van der Waals surface area contributed by atoms with E-state index < -0.39 is 0 Å². The lowest BCUT2D eigenvalue weighted by atomic mass is 10.2. The number of amides is 1. The Kier molecular flexibility index (Phi) is 2.98. The highest BCUT2D eigenvalue weighted by Gasteiger charge is 2.26. The molecule has 19 heavy (non-hydrogen) atoms. The Morgan fingerprint density at radius 3 is 3.00 bits per heavy atom. The van der Waals surface area contributed by atoms with Gasteiger partial charge in [0.15, 0.2) is 0 Å². The summed E-state index contributed by atoms with van der Waals surface area (Å²) in [7, 11) is 0. The minimum Gasteiger partial charge on any atom is -0.469 e. The number of thioether (sulfide) groups is 1. The van der Waals surface area contributed by atoms with E-state index in [1.165, 1.54) is 0 Å². The first-order valence-corrected chi connectivity index (χ1v) is 7.03. The molecule has 2 heterocycles. The van der Waals surface area contributed by atoms with Gasteiger partial charge in [0.2, 0.25) is 0 Å². The van der Waals surface area contributed by atoms with Crippen molar-refractivity contribution in [1.82, 2.24) is 0 Å². The van der Waals surface area contributed by atoms with Gasteiger partial charge >= 0.3 is 0 Å². The first kappa shape index (κ1) is 12.2. The molecule has 5 heteroatoms. The van der Waals surface area contributed by atoms with Gasteiger partial charge in [0.25, 0.3) is 5.91 Å². The van der Waals surface area contributed by atoms with Crippen LogP contribution in [-0.4, -0.2) is 18.2 Å². The fraction of sp³-hybridized carbons (Fsp3) is 0.214. The number of nitrogens with zero attached hydrogens (tertiary/aromatic N) is 1. The predicted octanol–water partition coefficient (Wildman–Crippen LogP) is 2.92. The Morgan fingerprint density at radius 2 is 2.26 bits per heavy atom. The number of carbonyl (C=O) groups is 1. The van der Waals surface area contributed by atoms with Gasteiger partial charge in [0, 0.05) is 22.9 Å². The Bertz CT molecular complexity index is 636. The molecule has 0 unspecified atom stereocenters.